The Labute approximate surface area is 120 Å². The van der Waals surface area contributed by atoms with Gasteiger partial charge < -0.3 is 10.1 Å². The van der Waals surface area contributed by atoms with Gasteiger partial charge in [0.05, 0.1) is 6.61 Å². The average Bonchev–Trinajstić information content (AvgIpc) is 2.92. The summed E-state index contributed by atoms with van der Waals surface area (Å²) in [6.45, 7) is 0.863. The summed E-state index contributed by atoms with van der Waals surface area (Å²) >= 11 is 0. The Bertz CT molecular complexity index is 691. The average molecular weight is 288 g/mol. The van der Waals surface area contributed by atoms with Gasteiger partial charge in [0.25, 0.3) is 0 Å². The molecule has 1 aromatic carbocycles. The van der Waals surface area contributed by atoms with Crippen molar-refractivity contribution in [1.29, 1.82) is 0 Å². The maximum Gasteiger partial charge on any atom is 0.340 e. The Morgan fingerprint density at radius 1 is 1.38 bits per heavy atom. The number of nitrogens with one attached hydrogen (secondary N) is 3. The van der Waals surface area contributed by atoms with Crippen LogP contribution in [0.5, 0.6) is 0 Å². The van der Waals surface area contributed by atoms with Crippen molar-refractivity contribution in [2.24, 2.45) is 0 Å². The molecule has 3 N–H and O–H groups in total. The second kappa shape index (κ2) is 5.92. The highest BCUT2D eigenvalue weighted by atomic mass is 16.5. The second-order valence-electron chi connectivity index (χ2n) is 4.94. The summed E-state index contributed by atoms with van der Waals surface area (Å²) in [5.41, 5.74) is 1.94. The molecule has 7 nitrogen and oxygen atoms in total. The van der Waals surface area contributed by atoms with E-state index in [1.54, 1.807) is 0 Å². The fourth-order valence-corrected chi connectivity index (χ4v) is 2.36. The first-order valence-electron chi connectivity index (χ1n) is 6.82. The minimum absolute atomic E-state index is 0.137. The van der Waals surface area contributed by atoms with Gasteiger partial charge in [-0.2, -0.15) is 5.10 Å². The number of nitrogens with zero attached hydrogens (tertiary/aromatic N) is 1. The highest BCUT2D eigenvalue weighted by molar-refractivity contribution is 5.81. The van der Waals surface area contributed by atoms with Crippen LogP contribution in [0, 0.1) is 0 Å². The summed E-state index contributed by atoms with van der Waals surface area (Å²) in [6.07, 6.45) is 0.591. The predicted octanol–water partition coefficient (Wildman–Crippen LogP) is -0.102. The van der Waals surface area contributed by atoms with Gasteiger partial charge in [-0.1, -0.05) is 24.3 Å². The standard InChI is InChI=1S/C14H16N4O3/c19-13(15-6-5-12-16-14(20)18-17-12)11-7-9-3-1-2-4-10(9)8-21-11/h1-4,11H,5-8H2,(H,15,19)(H2,16,17,18,20)/t11-/m0/s1. The maximum atomic E-state index is 12.1. The van der Waals surface area contributed by atoms with Crippen molar-refractivity contribution in [1.82, 2.24) is 20.5 Å². The van der Waals surface area contributed by atoms with Crippen molar-refractivity contribution in [3.8, 4) is 0 Å². The van der Waals surface area contributed by atoms with Crippen LogP contribution in [0.15, 0.2) is 29.1 Å². The number of carbonyl (C=O) groups is 1. The molecule has 1 aromatic heterocycles. The summed E-state index contributed by atoms with van der Waals surface area (Å²) in [5.74, 6) is 0.387. The summed E-state index contributed by atoms with van der Waals surface area (Å²) < 4.78 is 5.58. The molecule has 1 aliphatic heterocycles. The van der Waals surface area contributed by atoms with Gasteiger partial charge in [-0.25, -0.2) is 9.89 Å². The molecule has 7 heteroatoms. The van der Waals surface area contributed by atoms with Crippen molar-refractivity contribution in [3.05, 3.63) is 51.7 Å². The molecule has 21 heavy (non-hydrogen) atoms. The third-order valence-electron chi connectivity index (χ3n) is 3.47. The molecule has 0 radical (unpaired) electrons. The molecule has 3 rings (SSSR count). The molecule has 1 atom stereocenters. The number of rotatable bonds is 4. The van der Waals surface area contributed by atoms with Gasteiger partial charge in [0.15, 0.2) is 0 Å². The maximum absolute atomic E-state index is 12.1. The van der Waals surface area contributed by atoms with Crippen molar-refractivity contribution >= 4 is 5.91 Å². The van der Waals surface area contributed by atoms with Gasteiger partial charge >= 0.3 is 5.69 Å². The third kappa shape index (κ3) is 3.19. The minimum Gasteiger partial charge on any atom is -0.363 e. The summed E-state index contributed by atoms with van der Waals surface area (Å²) in [6, 6.07) is 7.96. The number of fused-ring (bicyclic) bond motifs is 1. The number of carbonyl (C=O) groups excluding carboxylic acids is 1. The number of ether oxygens (including phenoxy) is 1. The molecular weight excluding hydrogens is 272 g/mol. The first-order valence-corrected chi connectivity index (χ1v) is 6.82. The van der Waals surface area contributed by atoms with Gasteiger partial charge in [-0.15, -0.1) is 0 Å². The van der Waals surface area contributed by atoms with E-state index >= 15 is 0 Å². The number of aromatic nitrogens is 3. The van der Waals surface area contributed by atoms with E-state index in [4.69, 9.17) is 4.74 Å². The summed E-state index contributed by atoms with van der Waals surface area (Å²) in [5, 5.41) is 8.86. The number of hydrogen-bond acceptors (Lipinski definition) is 4. The molecule has 0 unspecified atom stereocenters. The zero-order chi connectivity index (χ0) is 14.7. The topological polar surface area (TPSA) is 99.9 Å². The van der Waals surface area contributed by atoms with Crippen LogP contribution in [-0.4, -0.2) is 33.7 Å². The van der Waals surface area contributed by atoms with Gasteiger partial charge in [-0.3, -0.25) is 9.78 Å². The molecule has 0 bridgehead atoms. The van der Waals surface area contributed by atoms with E-state index in [1.807, 2.05) is 24.3 Å². The highest BCUT2D eigenvalue weighted by Gasteiger charge is 2.24. The fourth-order valence-electron chi connectivity index (χ4n) is 2.36. The van der Waals surface area contributed by atoms with Crippen molar-refractivity contribution in [3.63, 3.8) is 0 Å². The van der Waals surface area contributed by atoms with Crippen molar-refractivity contribution < 1.29 is 9.53 Å². The Morgan fingerprint density at radius 2 is 2.19 bits per heavy atom. The van der Waals surface area contributed by atoms with E-state index in [0.717, 1.165) is 11.1 Å². The fraction of sp³-hybridized carbons (Fsp3) is 0.357. The monoisotopic (exact) mass is 288 g/mol. The lowest BCUT2D eigenvalue weighted by Gasteiger charge is -2.24. The predicted molar refractivity (Wildman–Crippen MR) is 74.6 cm³/mol. The number of benzene rings is 1. The molecule has 0 saturated heterocycles. The minimum atomic E-state index is -0.460. The molecule has 1 aliphatic rings. The van der Waals surface area contributed by atoms with Crippen LogP contribution in [0.3, 0.4) is 0 Å². The number of aromatic amines is 2. The van der Waals surface area contributed by atoms with E-state index in [2.05, 4.69) is 20.5 Å². The van der Waals surface area contributed by atoms with Crippen LogP contribution >= 0.6 is 0 Å². The van der Waals surface area contributed by atoms with Crippen molar-refractivity contribution in [2.75, 3.05) is 6.54 Å². The smallest absolute Gasteiger partial charge is 0.340 e. The SMILES string of the molecule is O=C(NCCc1n[nH]c(=O)[nH]1)[C@@H]1Cc2ccccc2CO1. The molecule has 2 heterocycles. The van der Waals surface area contributed by atoms with Crippen molar-refractivity contribution in [2.45, 2.75) is 25.6 Å². The molecule has 0 saturated carbocycles. The molecule has 0 aliphatic carbocycles. The normalized spacial score (nSPS) is 17.2. The second-order valence-corrected chi connectivity index (χ2v) is 4.94. The van der Waals surface area contributed by atoms with E-state index in [-0.39, 0.29) is 11.6 Å². The van der Waals surface area contributed by atoms with Crippen LogP contribution in [-0.2, 0) is 29.0 Å². The Kier molecular flexibility index (Phi) is 3.83. The lowest BCUT2D eigenvalue weighted by atomic mass is 9.99. The first-order chi connectivity index (χ1) is 10.2. The summed E-state index contributed by atoms with van der Waals surface area (Å²) in [7, 11) is 0. The zero-order valence-corrected chi connectivity index (χ0v) is 11.4. The largest absolute Gasteiger partial charge is 0.363 e. The Balaban J connectivity index is 1.51. The number of hydrogen-bond donors (Lipinski definition) is 3. The molecule has 2 aromatic rings. The molecule has 1 amide bonds. The van der Waals surface area contributed by atoms with E-state index in [0.29, 0.717) is 31.8 Å². The lowest BCUT2D eigenvalue weighted by molar-refractivity contribution is -0.134. The van der Waals surface area contributed by atoms with Crippen LogP contribution < -0.4 is 11.0 Å². The molecular formula is C14H16N4O3. The molecule has 0 spiro atoms. The molecule has 0 fully saturated rings. The van der Waals surface area contributed by atoms with Crippen LogP contribution in [0.25, 0.3) is 0 Å². The number of amides is 1. The molecule has 110 valence electrons. The Morgan fingerprint density at radius 3 is 2.95 bits per heavy atom. The lowest BCUT2D eigenvalue weighted by Crippen LogP contribution is -2.40. The van der Waals surface area contributed by atoms with Crippen LogP contribution in [0.2, 0.25) is 0 Å². The summed E-state index contributed by atoms with van der Waals surface area (Å²) in [4.78, 5) is 25.5. The van der Waals surface area contributed by atoms with Gasteiger partial charge in [0, 0.05) is 19.4 Å². The quantitative estimate of drug-likeness (QED) is 0.731. The zero-order valence-electron chi connectivity index (χ0n) is 11.4. The van der Waals surface area contributed by atoms with Crippen LogP contribution in [0.1, 0.15) is 17.0 Å². The van der Waals surface area contributed by atoms with E-state index in [9.17, 15) is 9.59 Å². The van der Waals surface area contributed by atoms with E-state index < -0.39 is 6.10 Å². The highest BCUT2D eigenvalue weighted by Crippen LogP contribution is 2.20. The first kappa shape index (κ1) is 13.6. The Hall–Kier alpha value is -2.41. The van der Waals surface area contributed by atoms with Gasteiger partial charge in [0.2, 0.25) is 5.91 Å². The third-order valence-corrected chi connectivity index (χ3v) is 3.47. The van der Waals surface area contributed by atoms with Gasteiger partial charge in [-0.05, 0) is 11.1 Å². The van der Waals surface area contributed by atoms with Gasteiger partial charge in [0.1, 0.15) is 11.9 Å². The van der Waals surface area contributed by atoms with E-state index in [1.165, 1.54) is 0 Å². The van der Waals surface area contributed by atoms with Crippen LogP contribution in [0.4, 0.5) is 0 Å². The number of H-pyrrole nitrogens is 2.